The summed E-state index contributed by atoms with van der Waals surface area (Å²) in [5.74, 6) is 1.49. The fourth-order valence-electron chi connectivity index (χ4n) is 5.69. The highest BCUT2D eigenvalue weighted by Gasteiger charge is 2.32. The van der Waals surface area contributed by atoms with E-state index in [2.05, 4.69) is 27.7 Å². The third kappa shape index (κ3) is 9.67. The molecule has 0 bridgehead atoms. The summed E-state index contributed by atoms with van der Waals surface area (Å²) in [6.45, 7) is 9.02. The van der Waals surface area contributed by atoms with Crippen LogP contribution in [0.4, 0.5) is 0 Å². The second-order valence-electron chi connectivity index (χ2n) is 10.6. The molecule has 0 aromatic rings. The molecule has 0 amide bonds. The Kier molecular flexibility index (Phi) is 12.4. The topological polar surface area (TPSA) is 52.6 Å². The summed E-state index contributed by atoms with van der Waals surface area (Å²) in [7, 11) is 0. The molecule has 6 unspecified atom stereocenters. The second kappa shape index (κ2) is 14.8. The molecule has 2 rings (SSSR count). The van der Waals surface area contributed by atoms with Crippen molar-refractivity contribution in [1.29, 1.82) is 0 Å². The minimum absolute atomic E-state index is 0.0148. The van der Waals surface area contributed by atoms with Crippen molar-refractivity contribution in [3.8, 4) is 0 Å². The van der Waals surface area contributed by atoms with Gasteiger partial charge in [0.1, 0.15) is 12.2 Å². The van der Waals surface area contributed by atoms with E-state index in [4.69, 9.17) is 9.47 Å². The van der Waals surface area contributed by atoms with Gasteiger partial charge in [-0.15, -0.1) is 0 Å². The smallest absolute Gasteiger partial charge is 0.331 e. The summed E-state index contributed by atoms with van der Waals surface area (Å²) in [6, 6.07) is 0. The average molecular weight is 449 g/mol. The predicted octanol–water partition coefficient (Wildman–Crippen LogP) is 7.40. The van der Waals surface area contributed by atoms with E-state index in [1.807, 2.05) is 0 Å². The molecule has 2 aliphatic rings. The highest BCUT2D eigenvalue weighted by atomic mass is 16.5. The Morgan fingerprint density at radius 2 is 1.09 bits per heavy atom. The van der Waals surface area contributed by atoms with Crippen molar-refractivity contribution in [2.75, 3.05) is 0 Å². The van der Waals surface area contributed by atoms with E-state index in [0.717, 1.165) is 51.4 Å². The van der Waals surface area contributed by atoms with Crippen molar-refractivity contribution in [1.82, 2.24) is 0 Å². The van der Waals surface area contributed by atoms with Crippen molar-refractivity contribution in [2.45, 2.75) is 130 Å². The van der Waals surface area contributed by atoms with Crippen LogP contribution in [0.15, 0.2) is 12.2 Å². The highest BCUT2D eigenvalue weighted by Crippen LogP contribution is 2.35. The number of carbonyl (C=O) groups excluding carboxylic acids is 2. The molecule has 2 fully saturated rings. The molecule has 0 saturated heterocycles. The molecule has 4 heteroatoms. The zero-order valence-electron chi connectivity index (χ0n) is 21.2. The van der Waals surface area contributed by atoms with Gasteiger partial charge in [-0.2, -0.15) is 0 Å². The summed E-state index contributed by atoms with van der Waals surface area (Å²) in [4.78, 5) is 24.9. The predicted molar refractivity (Wildman–Crippen MR) is 130 cm³/mol. The molecule has 0 aromatic heterocycles. The molecule has 0 N–H and O–H groups in total. The molecule has 0 aliphatic heterocycles. The Hall–Kier alpha value is -1.32. The van der Waals surface area contributed by atoms with Crippen LogP contribution in [0.1, 0.15) is 118 Å². The fraction of sp³-hybridized carbons (Fsp3) is 0.857. The number of unbranched alkanes of at least 4 members (excludes halogenated alkanes) is 4. The Balaban J connectivity index is 1.82. The molecule has 0 spiro atoms. The maximum absolute atomic E-state index is 12.4. The van der Waals surface area contributed by atoms with Crippen LogP contribution in [0.3, 0.4) is 0 Å². The van der Waals surface area contributed by atoms with E-state index in [9.17, 15) is 9.59 Å². The van der Waals surface area contributed by atoms with Gasteiger partial charge in [-0.25, -0.2) is 9.59 Å². The van der Waals surface area contributed by atoms with E-state index >= 15 is 0 Å². The first kappa shape index (κ1) is 26.9. The minimum atomic E-state index is -0.404. The Morgan fingerprint density at radius 1 is 0.688 bits per heavy atom. The number of hydrogen-bond acceptors (Lipinski definition) is 4. The summed E-state index contributed by atoms with van der Waals surface area (Å²) in [6.07, 6.45) is 18.4. The van der Waals surface area contributed by atoms with Crippen LogP contribution in [0.2, 0.25) is 0 Å². The standard InChI is InChI=1S/C28H48O4/c1-5-7-9-11-23-19-21(3)13-15-25(23)31-27(29)17-18-28(30)32-26-16-14-22(4)20-24(26)12-10-8-6-2/h17-18,21-26H,5-16,19-20H2,1-4H3/b18-17+. The van der Waals surface area contributed by atoms with Crippen LogP contribution in [0.25, 0.3) is 0 Å². The van der Waals surface area contributed by atoms with Gasteiger partial charge >= 0.3 is 11.9 Å². The molecule has 32 heavy (non-hydrogen) atoms. The monoisotopic (exact) mass is 448 g/mol. The number of esters is 2. The van der Waals surface area contributed by atoms with Gasteiger partial charge in [-0.1, -0.05) is 66.2 Å². The van der Waals surface area contributed by atoms with Crippen molar-refractivity contribution >= 4 is 11.9 Å². The molecule has 4 nitrogen and oxygen atoms in total. The van der Waals surface area contributed by atoms with Crippen LogP contribution in [0, 0.1) is 23.7 Å². The lowest BCUT2D eigenvalue weighted by molar-refractivity contribution is -0.151. The highest BCUT2D eigenvalue weighted by molar-refractivity contribution is 5.91. The molecular formula is C28H48O4. The number of rotatable bonds is 12. The summed E-state index contributed by atoms with van der Waals surface area (Å²) < 4.78 is 11.6. The number of hydrogen-bond donors (Lipinski definition) is 0. The quantitative estimate of drug-likeness (QED) is 0.177. The van der Waals surface area contributed by atoms with Crippen LogP contribution in [0.5, 0.6) is 0 Å². The number of ether oxygens (including phenoxy) is 2. The summed E-state index contributed by atoms with van der Waals surface area (Å²) in [5, 5.41) is 0. The maximum atomic E-state index is 12.4. The second-order valence-corrected chi connectivity index (χ2v) is 10.6. The maximum Gasteiger partial charge on any atom is 0.331 e. The van der Waals surface area contributed by atoms with Gasteiger partial charge in [0.05, 0.1) is 0 Å². The first-order valence-corrected chi connectivity index (χ1v) is 13.5. The Morgan fingerprint density at radius 3 is 1.47 bits per heavy atom. The molecule has 0 radical (unpaired) electrons. The first-order valence-electron chi connectivity index (χ1n) is 13.5. The van der Waals surface area contributed by atoms with E-state index < -0.39 is 11.9 Å². The largest absolute Gasteiger partial charge is 0.459 e. The van der Waals surface area contributed by atoms with Crippen molar-refractivity contribution in [3.63, 3.8) is 0 Å². The zero-order valence-corrected chi connectivity index (χ0v) is 21.2. The van der Waals surface area contributed by atoms with Gasteiger partial charge in [0, 0.05) is 12.2 Å². The normalized spacial score (nSPS) is 30.9. The van der Waals surface area contributed by atoms with E-state index in [-0.39, 0.29) is 12.2 Å². The lowest BCUT2D eigenvalue weighted by atomic mass is 9.78. The third-order valence-corrected chi connectivity index (χ3v) is 7.60. The summed E-state index contributed by atoms with van der Waals surface area (Å²) in [5.41, 5.74) is 0. The third-order valence-electron chi connectivity index (χ3n) is 7.60. The van der Waals surface area contributed by atoms with E-state index in [1.165, 1.54) is 50.7 Å². The van der Waals surface area contributed by atoms with E-state index in [1.54, 1.807) is 0 Å². The van der Waals surface area contributed by atoms with Gasteiger partial charge in [0.25, 0.3) is 0 Å². The van der Waals surface area contributed by atoms with Gasteiger partial charge in [-0.3, -0.25) is 0 Å². The van der Waals surface area contributed by atoms with Gasteiger partial charge in [0.2, 0.25) is 0 Å². The Bertz CT molecular complexity index is 534. The average Bonchev–Trinajstić information content (AvgIpc) is 2.76. The van der Waals surface area contributed by atoms with Crippen LogP contribution in [-0.2, 0) is 19.1 Å². The van der Waals surface area contributed by atoms with Crippen molar-refractivity contribution < 1.29 is 19.1 Å². The zero-order chi connectivity index (χ0) is 23.3. The van der Waals surface area contributed by atoms with Crippen LogP contribution >= 0.6 is 0 Å². The molecule has 6 atom stereocenters. The molecule has 184 valence electrons. The lowest BCUT2D eigenvalue weighted by Gasteiger charge is -2.34. The SMILES string of the molecule is CCCCCC1CC(C)CCC1OC(=O)/C=C/C(=O)OC1CCC(C)CC1CCCCC. The van der Waals surface area contributed by atoms with E-state index in [0.29, 0.717) is 23.7 Å². The van der Waals surface area contributed by atoms with Crippen LogP contribution < -0.4 is 0 Å². The van der Waals surface area contributed by atoms with Gasteiger partial charge in [0.15, 0.2) is 0 Å². The fourth-order valence-corrected chi connectivity index (χ4v) is 5.69. The molecule has 0 aromatic carbocycles. The van der Waals surface area contributed by atoms with Gasteiger partial charge in [-0.05, 0) is 75.0 Å². The number of carbonyl (C=O) groups is 2. The van der Waals surface area contributed by atoms with Crippen LogP contribution in [-0.4, -0.2) is 24.1 Å². The van der Waals surface area contributed by atoms with Crippen molar-refractivity contribution in [2.24, 2.45) is 23.7 Å². The first-order chi connectivity index (χ1) is 15.4. The molecule has 2 aliphatic carbocycles. The molecule has 0 heterocycles. The van der Waals surface area contributed by atoms with Crippen molar-refractivity contribution in [3.05, 3.63) is 12.2 Å². The Labute approximate surface area is 196 Å². The molecule has 2 saturated carbocycles. The minimum Gasteiger partial charge on any atom is -0.459 e. The summed E-state index contributed by atoms with van der Waals surface area (Å²) >= 11 is 0. The molecular weight excluding hydrogens is 400 g/mol. The lowest BCUT2D eigenvalue weighted by Crippen LogP contribution is -2.33. The van der Waals surface area contributed by atoms with Gasteiger partial charge < -0.3 is 9.47 Å².